The van der Waals surface area contributed by atoms with Crippen LogP contribution in [0.15, 0.2) is 39.1 Å². The molecule has 148 valence electrons. The van der Waals surface area contributed by atoms with E-state index in [-0.39, 0.29) is 24.1 Å². The number of hydrogen-bond acceptors (Lipinski definition) is 5. The van der Waals surface area contributed by atoms with Crippen LogP contribution in [0.3, 0.4) is 0 Å². The van der Waals surface area contributed by atoms with Crippen LogP contribution >= 0.6 is 27.3 Å². The normalized spacial score (nSPS) is 15.9. The molecule has 3 rings (SSSR count). The largest absolute Gasteiger partial charge is 0.301 e. The van der Waals surface area contributed by atoms with Crippen LogP contribution in [0.25, 0.3) is 0 Å². The summed E-state index contributed by atoms with van der Waals surface area (Å²) in [6.07, 6.45) is 8.31. The van der Waals surface area contributed by atoms with Crippen LogP contribution in [-0.2, 0) is 14.6 Å². The summed E-state index contributed by atoms with van der Waals surface area (Å²) in [5, 5.41) is 5.29. The van der Waals surface area contributed by atoms with Crippen LogP contribution < -0.4 is 5.32 Å². The van der Waals surface area contributed by atoms with Crippen molar-refractivity contribution in [3.63, 3.8) is 0 Å². The van der Waals surface area contributed by atoms with Crippen molar-refractivity contribution < 1.29 is 13.2 Å². The van der Waals surface area contributed by atoms with Gasteiger partial charge in [-0.15, -0.1) is 11.3 Å². The number of amides is 1. The Morgan fingerprint density at radius 1 is 1.37 bits per heavy atom. The Hall–Kier alpha value is -1.25. The summed E-state index contributed by atoms with van der Waals surface area (Å²) in [5.74, 6) is 0.105. The van der Waals surface area contributed by atoms with Gasteiger partial charge in [0.05, 0.1) is 10.8 Å². The Kier molecular flexibility index (Phi) is 7.59. The van der Waals surface area contributed by atoms with Gasteiger partial charge < -0.3 is 5.32 Å². The fourth-order valence-corrected chi connectivity index (χ4v) is 6.02. The summed E-state index contributed by atoms with van der Waals surface area (Å²) in [7, 11) is -3.32. The maximum Gasteiger partial charge on any atom is 0.233 e. The van der Waals surface area contributed by atoms with Crippen LogP contribution in [0.2, 0.25) is 0 Å². The smallest absolute Gasteiger partial charge is 0.233 e. The number of aromatic nitrogens is 1. The molecule has 1 atom stereocenters. The lowest BCUT2D eigenvalue weighted by atomic mass is 9.87. The molecule has 5 nitrogen and oxygen atoms in total. The lowest BCUT2D eigenvalue weighted by molar-refractivity contribution is -0.118. The molecule has 1 aliphatic carbocycles. The molecule has 0 saturated heterocycles. The third kappa shape index (κ3) is 5.62. The standard InChI is InChI=1S/C18H21BrN2O3S2.CH4/c1-26(23,24)16-7-6-13(11-15(16)19)14(10-12-4-2-3-5-12)17(22)21-18-20-8-9-25-18;/h6-9,11-12,14H,2-5,10H2,1H3,(H,20,21,22);1H4. The highest BCUT2D eigenvalue weighted by Crippen LogP contribution is 2.36. The number of thiazole rings is 1. The summed E-state index contributed by atoms with van der Waals surface area (Å²) < 4.78 is 24.2. The molecule has 0 aliphatic heterocycles. The highest BCUT2D eigenvalue weighted by atomic mass is 79.9. The second-order valence-corrected chi connectivity index (χ2v) is 10.5. The van der Waals surface area contributed by atoms with Gasteiger partial charge in [0.2, 0.25) is 5.91 Å². The monoisotopic (exact) mass is 472 g/mol. The number of anilines is 1. The molecule has 1 saturated carbocycles. The van der Waals surface area contributed by atoms with Gasteiger partial charge in [-0.05, 0) is 46.0 Å². The molecular weight excluding hydrogens is 448 g/mol. The summed E-state index contributed by atoms with van der Waals surface area (Å²) in [4.78, 5) is 17.3. The predicted octanol–water partition coefficient (Wildman–Crippen LogP) is 5.25. The molecule has 1 aromatic heterocycles. The first-order valence-electron chi connectivity index (χ1n) is 8.54. The second kappa shape index (κ2) is 9.30. The van der Waals surface area contributed by atoms with Crippen molar-refractivity contribution in [3.8, 4) is 0 Å². The number of nitrogens with zero attached hydrogens (tertiary/aromatic N) is 1. The van der Waals surface area contributed by atoms with E-state index in [9.17, 15) is 13.2 Å². The van der Waals surface area contributed by atoms with Gasteiger partial charge in [-0.25, -0.2) is 13.4 Å². The molecule has 1 aromatic carbocycles. The lowest BCUT2D eigenvalue weighted by Gasteiger charge is -2.21. The number of benzene rings is 1. The highest BCUT2D eigenvalue weighted by molar-refractivity contribution is 9.10. The Labute approximate surface area is 173 Å². The van der Waals surface area contributed by atoms with E-state index in [1.807, 2.05) is 5.38 Å². The minimum absolute atomic E-state index is 0. The third-order valence-electron chi connectivity index (χ3n) is 4.78. The van der Waals surface area contributed by atoms with E-state index in [2.05, 4.69) is 26.2 Å². The maximum atomic E-state index is 12.9. The topological polar surface area (TPSA) is 76.1 Å². The Morgan fingerprint density at radius 2 is 2.07 bits per heavy atom. The number of rotatable bonds is 6. The van der Waals surface area contributed by atoms with Crippen LogP contribution in [0.1, 0.15) is 51.0 Å². The van der Waals surface area contributed by atoms with Gasteiger partial charge in [0.15, 0.2) is 15.0 Å². The van der Waals surface area contributed by atoms with E-state index in [0.717, 1.165) is 24.8 Å². The molecule has 1 aliphatic rings. The van der Waals surface area contributed by atoms with Gasteiger partial charge in [0, 0.05) is 22.3 Å². The third-order valence-corrected chi connectivity index (χ3v) is 7.54. The van der Waals surface area contributed by atoms with E-state index in [1.54, 1.807) is 24.4 Å². The molecule has 0 bridgehead atoms. The van der Waals surface area contributed by atoms with Gasteiger partial charge in [-0.2, -0.15) is 0 Å². The van der Waals surface area contributed by atoms with Crippen molar-refractivity contribution in [2.24, 2.45) is 5.92 Å². The molecule has 0 spiro atoms. The van der Waals surface area contributed by atoms with Crippen molar-refractivity contribution in [3.05, 3.63) is 39.8 Å². The average Bonchev–Trinajstić information content (AvgIpc) is 3.24. The molecule has 27 heavy (non-hydrogen) atoms. The SMILES string of the molecule is C.CS(=O)(=O)c1ccc(C(CC2CCCC2)C(=O)Nc2nccs2)cc1Br. The van der Waals surface area contributed by atoms with Crippen molar-refractivity contribution in [1.82, 2.24) is 4.98 Å². The summed E-state index contributed by atoms with van der Waals surface area (Å²) in [6, 6.07) is 5.09. The van der Waals surface area contributed by atoms with Crippen molar-refractivity contribution in [1.29, 1.82) is 0 Å². The average molecular weight is 473 g/mol. The molecule has 8 heteroatoms. The lowest BCUT2D eigenvalue weighted by Crippen LogP contribution is -2.23. The molecule has 2 aromatic rings. The molecule has 1 unspecified atom stereocenters. The summed E-state index contributed by atoms with van der Waals surface area (Å²) in [6.45, 7) is 0. The molecular formula is C19H25BrN2O3S2. The van der Waals surface area contributed by atoms with E-state index < -0.39 is 9.84 Å². The number of carbonyl (C=O) groups excluding carboxylic acids is 1. The van der Waals surface area contributed by atoms with Crippen molar-refractivity contribution >= 4 is 48.1 Å². The molecule has 0 radical (unpaired) electrons. The first kappa shape index (κ1) is 22.0. The quantitative estimate of drug-likeness (QED) is 0.622. The molecule has 1 heterocycles. The van der Waals surface area contributed by atoms with Crippen molar-refractivity contribution in [2.75, 3.05) is 11.6 Å². The predicted molar refractivity (Wildman–Crippen MR) is 114 cm³/mol. The maximum absolute atomic E-state index is 12.9. The Balaban J connectivity index is 0.00000261. The molecule has 1 N–H and O–H groups in total. The first-order chi connectivity index (χ1) is 12.3. The number of halogens is 1. The van der Waals surface area contributed by atoms with E-state index in [4.69, 9.17) is 0 Å². The highest BCUT2D eigenvalue weighted by Gasteiger charge is 2.28. The summed E-state index contributed by atoms with van der Waals surface area (Å²) in [5.41, 5.74) is 0.824. The number of carbonyl (C=O) groups is 1. The minimum Gasteiger partial charge on any atom is -0.301 e. The Bertz CT molecular complexity index is 876. The fourth-order valence-electron chi connectivity index (χ4n) is 3.49. The van der Waals surface area contributed by atoms with Gasteiger partial charge in [0.1, 0.15) is 0 Å². The molecule has 1 amide bonds. The van der Waals surface area contributed by atoms with E-state index in [1.165, 1.54) is 30.4 Å². The Morgan fingerprint density at radius 3 is 2.63 bits per heavy atom. The zero-order valence-corrected chi connectivity index (χ0v) is 17.7. The summed E-state index contributed by atoms with van der Waals surface area (Å²) >= 11 is 4.74. The zero-order chi connectivity index (χ0) is 18.7. The minimum atomic E-state index is -3.32. The number of hydrogen-bond donors (Lipinski definition) is 1. The van der Waals surface area contributed by atoms with E-state index in [0.29, 0.717) is 15.5 Å². The van der Waals surface area contributed by atoms with Crippen LogP contribution in [0.4, 0.5) is 5.13 Å². The fraction of sp³-hybridized carbons (Fsp3) is 0.474. The first-order valence-corrected chi connectivity index (χ1v) is 12.1. The number of nitrogens with one attached hydrogen (secondary N) is 1. The van der Waals surface area contributed by atoms with Crippen LogP contribution in [-0.4, -0.2) is 25.6 Å². The molecule has 1 fully saturated rings. The van der Waals surface area contributed by atoms with Gasteiger partial charge in [0.25, 0.3) is 0 Å². The van der Waals surface area contributed by atoms with Gasteiger partial charge in [-0.1, -0.05) is 39.2 Å². The zero-order valence-electron chi connectivity index (χ0n) is 14.4. The number of sulfone groups is 1. The van der Waals surface area contributed by atoms with Gasteiger partial charge >= 0.3 is 0 Å². The van der Waals surface area contributed by atoms with Crippen LogP contribution in [0.5, 0.6) is 0 Å². The second-order valence-electron chi connectivity index (χ2n) is 6.73. The van der Waals surface area contributed by atoms with Crippen molar-refractivity contribution in [2.45, 2.75) is 50.3 Å². The van der Waals surface area contributed by atoms with E-state index >= 15 is 0 Å². The van der Waals surface area contributed by atoms with Crippen LogP contribution in [0, 0.1) is 5.92 Å². The van der Waals surface area contributed by atoms with Gasteiger partial charge in [-0.3, -0.25) is 4.79 Å².